The number of piperazine rings is 1. The molecule has 0 aromatic carbocycles. The number of H-pyrrole nitrogens is 1. The van der Waals surface area contributed by atoms with Gasteiger partial charge in [0.15, 0.2) is 0 Å². The quantitative estimate of drug-likeness (QED) is 0.639. The highest BCUT2D eigenvalue weighted by atomic mass is 19.4. The zero-order chi connectivity index (χ0) is 24.3. The first kappa shape index (κ1) is 23.9. The Morgan fingerprint density at radius 2 is 1.82 bits per heavy atom. The van der Waals surface area contributed by atoms with Crippen molar-refractivity contribution in [3.05, 3.63) is 40.1 Å². The van der Waals surface area contributed by atoms with Gasteiger partial charge in [0.05, 0.1) is 36.1 Å². The lowest BCUT2D eigenvalue weighted by Crippen LogP contribution is -2.49. The van der Waals surface area contributed by atoms with Crippen LogP contribution in [0.25, 0.3) is 0 Å². The van der Waals surface area contributed by atoms with E-state index in [2.05, 4.69) is 25.5 Å². The maximum absolute atomic E-state index is 12.7. The van der Waals surface area contributed by atoms with E-state index in [4.69, 9.17) is 4.74 Å². The Balaban J connectivity index is 1.21. The number of amides is 1. The molecule has 0 spiro atoms. The zero-order valence-electron chi connectivity index (χ0n) is 18.6. The minimum Gasteiger partial charge on any atom is -0.381 e. The molecule has 0 aliphatic carbocycles. The van der Waals surface area contributed by atoms with Gasteiger partial charge < -0.3 is 19.9 Å². The SMILES string of the molecule is Cc1c(NC[C@H]2CC[C@H](CC(=O)N3CCN(c4ncc(C(F)(F)F)cn4)CC3)O2)cn[nH]c1=O. The molecule has 13 heteroatoms. The Morgan fingerprint density at radius 3 is 2.50 bits per heavy atom. The summed E-state index contributed by atoms with van der Waals surface area (Å²) in [5.74, 6) is 0.210. The van der Waals surface area contributed by atoms with E-state index < -0.39 is 11.7 Å². The molecule has 2 aromatic heterocycles. The molecule has 0 saturated carbocycles. The molecular weight excluding hydrogens is 455 g/mol. The molecule has 2 saturated heterocycles. The molecule has 184 valence electrons. The topological polar surface area (TPSA) is 116 Å². The summed E-state index contributed by atoms with van der Waals surface area (Å²) in [6.45, 7) is 3.99. The van der Waals surface area contributed by atoms with E-state index in [0.29, 0.717) is 44.0 Å². The summed E-state index contributed by atoms with van der Waals surface area (Å²) < 4.78 is 44.0. The monoisotopic (exact) mass is 481 g/mol. The fraction of sp³-hybridized carbons (Fsp3) is 0.571. The molecule has 10 nitrogen and oxygen atoms in total. The molecule has 2 atom stereocenters. The summed E-state index contributed by atoms with van der Waals surface area (Å²) >= 11 is 0. The summed E-state index contributed by atoms with van der Waals surface area (Å²) in [6, 6.07) is 0. The van der Waals surface area contributed by atoms with Gasteiger partial charge in [0.2, 0.25) is 11.9 Å². The molecule has 1 amide bonds. The highest BCUT2D eigenvalue weighted by Crippen LogP contribution is 2.28. The van der Waals surface area contributed by atoms with E-state index in [1.54, 1.807) is 22.9 Å². The van der Waals surface area contributed by atoms with Gasteiger partial charge in [0.1, 0.15) is 0 Å². The molecule has 4 heterocycles. The van der Waals surface area contributed by atoms with Crippen molar-refractivity contribution >= 4 is 17.5 Å². The predicted molar refractivity (Wildman–Crippen MR) is 116 cm³/mol. The lowest BCUT2D eigenvalue weighted by atomic mass is 10.1. The van der Waals surface area contributed by atoms with Crippen molar-refractivity contribution in [3.63, 3.8) is 0 Å². The summed E-state index contributed by atoms with van der Waals surface area (Å²) in [5, 5.41) is 9.35. The van der Waals surface area contributed by atoms with Crippen molar-refractivity contribution in [2.24, 2.45) is 0 Å². The minimum absolute atomic E-state index is 0.0127. The number of nitrogens with zero attached hydrogens (tertiary/aromatic N) is 5. The number of ether oxygens (including phenoxy) is 1. The maximum atomic E-state index is 12.7. The minimum atomic E-state index is -4.47. The van der Waals surface area contributed by atoms with Gasteiger partial charge in [-0.25, -0.2) is 15.1 Å². The molecule has 2 aromatic rings. The smallest absolute Gasteiger partial charge is 0.381 e. The summed E-state index contributed by atoms with van der Waals surface area (Å²) in [5.41, 5.74) is 0.0764. The fourth-order valence-corrected chi connectivity index (χ4v) is 4.05. The van der Waals surface area contributed by atoms with Crippen LogP contribution >= 0.6 is 0 Å². The first-order chi connectivity index (χ1) is 16.2. The third kappa shape index (κ3) is 5.64. The average Bonchev–Trinajstić information content (AvgIpc) is 3.27. The number of halogens is 3. The Morgan fingerprint density at radius 1 is 1.15 bits per heavy atom. The van der Waals surface area contributed by atoms with Gasteiger partial charge in [-0.2, -0.15) is 18.3 Å². The average molecular weight is 481 g/mol. The number of alkyl halides is 3. The van der Waals surface area contributed by atoms with Crippen LogP contribution in [0.1, 0.15) is 30.4 Å². The molecular formula is C21H26F3N7O3. The summed E-state index contributed by atoms with van der Waals surface area (Å²) in [4.78, 5) is 35.5. The van der Waals surface area contributed by atoms with Crippen LogP contribution in [-0.4, -0.2) is 75.9 Å². The lowest BCUT2D eigenvalue weighted by Gasteiger charge is -2.35. The van der Waals surface area contributed by atoms with E-state index in [0.717, 1.165) is 25.2 Å². The molecule has 4 rings (SSSR count). The second-order valence-corrected chi connectivity index (χ2v) is 8.42. The van der Waals surface area contributed by atoms with Gasteiger partial charge in [-0.05, 0) is 19.8 Å². The van der Waals surface area contributed by atoms with E-state index in [-0.39, 0.29) is 36.0 Å². The van der Waals surface area contributed by atoms with Gasteiger partial charge in [-0.15, -0.1) is 0 Å². The van der Waals surface area contributed by atoms with E-state index in [1.165, 1.54) is 0 Å². The van der Waals surface area contributed by atoms with Crippen LogP contribution in [0.5, 0.6) is 0 Å². The Labute approximate surface area is 193 Å². The molecule has 0 unspecified atom stereocenters. The molecule has 0 radical (unpaired) electrons. The number of carbonyl (C=O) groups is 1. The fourth-order valence-electron chi connectivity index (χ4n) is 4.05. The number of nitrogens with one attached hydrogen (secondary N) is 2. The maximum Gasteiger partial charge on any atom is 0.419 e. The van der Waals surface area contributed by atoms with Crippen LogP contribution in [0.3, 0.4) is 0 Å². The third-order valence-electron chi connectivity index (χ3n) is 6.10. The van der Waals surface area contributed by atoms with Crippen molar-refractivity contribution in [2.45, 2.75) is 44.6 Å². The summed E-state index contributed by atoms with van der Waals surface area (Å²) in [6.07, 6.45) is 0.244. The van der Waals surface area contributed by atoms with Crippen LogP contribution in [0, 0.1) is 6.92 Å². The van der Waals surface area contributed by atoms with Crippen molar-refractivity contribution in [2.75, 3.05) is 42.9 Å². The van der Waals surface area contributed by atoms with Crippen molar-refractivity contribution < 1.29 is 22.7 Å². The van der Waals surface area contributed by atoms with Gasteiger partial charge in [-0.1, -0.05) is 0 Å². The highest BCUT2D eigenvalue weighted by molar-refractivity contribution is 5.77. The first-order valence-electron chi connectivity index (χ1n) is 11.1. The van der Waals surface area contributed by atoms with Crippen LogP contribution in [0.4, 0.5) is 24.8 Å². The molecule has 2 aliphatic rings. The molecule has 2 aliphatic heterocycles. The molecule has 2 N–H and O–H groups in total. The van der Waals surface area contributed by atoms with E-state index in [9.17, 15) is 22.8 Å². The second kappa shape index (κ2) is 9.95. The molecule has 0 bridgehead atoms. The Kier molecular flexibility index (Phi) is 7.00. The number of rotatable bonds is 6. The van der Waals surface area contributed by atoms with Gasteiger partial charge in [0.25, 0.3) is 5.56 Å². The van der Waals surface area contributed by atoms with Crippen LogP contribution < -0.4 is 15.8 Å². The van der Waals surface area contributed by atoms with Gasteiger partial charge in [0, 0.05) is 50.7 Å². The van der Waals surface area contributed by atoms with Crippen LogP contribution in [0.15, 0.2) is 23.4 Å². The summed E-state index contributed by atoms with van der Waals surface area (Å²) in [7, 11) is 0. The van der Waals surface area contributed by atoms with Crippen LogP contribution in [0.2, 0.25) is 0 Å². The van der Waals surface area contributed by atoms with E-state index >= 15 is 0 Å². The number of aromatic nitrogens is 4. The van der Waals surface area contributed by atoms with Crippen LogP contribution in [-0.2, 0) is 15.7 Å². The molecule has 34 heavy (non-hydrogen) atoms. The number of carbonyl (C=O) groups excluding carboxylic acids is 1. The van der Waals surface area contributed by atoms with E-state index in [1.807, 2.05) is 0 Å². The number of aromatic amines is 1. The second-order valence-electron chi connectivity index (χ2n) is 8.42. The third-order valence-corrected chi connectivity index (χ3v) is 6.10. The Bertz CT molecular complexity index is 1050. The first-order valence-corrected chi connectivity index (χ1v) is 11.1. The van der Waals surface area contributed by atoms with Gasteiger partial charge in [-0.3, -0.25) is 9.59 Å². The molecule has 2 fully saturated rings. The number of hydrogen-bond donors (Lipinski definition) is 2. The number of hydrogen-bond acceptors (Lipinski definition) is 8. The Hall–Kier alpha value is -3.22. The normalized spacial score (nSPS) is 21.1. The van der Waals surface area contributed by atoms with Crippen molar-refractivity contribution in [3.8, 4) is 0 Å². The van der Waals surface area contributed by atoms with Crippen molar-refractivity contribution in [1.82, 2.24) is 25.1 Å². The highest BCUT2D eigenvalue weighted by Gasteiger charge is 2.33. The number of anilines is 2. The van der Waals surface area contributed by atoms with Crippen molar-refractivity contribution in [1.29, 1.82) is 0 Å². The standard InChI is InChI=1S/C21H26F3N7O3/c1-13-17(12-28-29-19(13)33)25-11-16-3-2-15(34-16)8-18(32)30-4-6-31(7-5-30)20-26-9-14(10-27-20)21(22,23)24/h9-10,12,15-16H,2-8,11H2,1H3,(H2,25,29,33)/t15-,16-/m1/s1. The van der Waals surface area contributed by atoms with Gasteiger partial charge >= 0.3 is 6.18 Å². The largest absolute Gasteiger partial charge is 0.419 e. The lowest BCUT2D eigenvalue weighted by molar-refractivity contribution is -0.138. The zero-order valence-corrected chi connectivity index (χ0v) is 18.6. The predicted octanol–water partition coefficient (Wildman–Crippen LogP) is 1.59.